The highest BCUT2D eigenvalue weighted by atomic mass is 16.5. The molecule has 3 rings (SSSR count). The summed E-state index contributed by atoms with van der Waals surface area (Å²) in [6.07, 6.45) is 6.71. The summed E-state index contributed by atoms with van der Waals surface area (Å²) in [7, 11) is 1.83. The van der Waals surface area contributed by atoms with Gasteiger partial charge < -0.3 is 10.5 Å². The molecular weight excluding hydrogens is 238 g/mol. The number of fused-ring (bicyclic) bond motifs is 1. The number of nitrogens with zero attached hydrogens (tertiary/aromatic N) is 2. The monoisotopic (exact) mass is 267 g/mol. The fourth-order valence-electron chi connectivity index (χ4n) is 4.30. The quantitative estimate of drug-likeness (QED) is 0.804. The number of hydrogen-bond acceptors (Lipinski definition) is 4. The molecule has 4 heteroatoms. The summed E-state index contributed by atoms with van der Waals surface area (Å²) < 4.78 is 5.57. The van der Waals surface area contributed by atoms with Gasteiger partial charge in [0.25, 0.3) is 0 Å². The van der Waals surface area contributed by atoms with Crippen LogP contribution in [0, 0.1) is 5.92 Å². The molecule has 2 saturated heterocycles. The first-order valence-electron chi connectivity index (χ1n) is 7.98. The van der Waals surface area contributed by atoms with Crippen LogP contribution in [0.5, 0.6) is 0 Å². The number of rotatable bonds is 5. The topological polar surface area (TPSA) is 41.7 Å². The van der Waals surface area contributed by atoms with Gasteiger partial charge in [-0.15, -0.1) is 0 Å². The Morgan fingerprint density at radius 1 is 1.16 bits per heavy atom. The summed E-state index contributed by atoms with van der Waals surface area (Å²) in [5.41, 5.74) is 6.34. The van der Waals surface area contributed by atoms with Crippen LogP contribution in [0.15, 0.2) is 0 Å². The number of ether oxygens (including phenoxy) is 1. The maximum absolute atomic E-state index is 6.22. The normalized spacial score (nSPS) is 32.8. The van der Waals surface area contributed by atoms with Crippen LogP contribution >= 0.6 is 0 Å². The van der Waals surface area contributed by atoms with Gasteiger partial charge in [-0.05, 0) is 51.1 Å². The zero-order valence-electron chi connectivity index (χ0n) is 12.3. The minimum absolute atomic E-state index is 0.118. The molecule has 0 spiro atoms. The summed E-state index contributed by atoms with van der Waals surface area (Å²) in [4.78, 5) is 5.39. The van der Waals surface area contributed by atoms with Crippen LogP contribution in [-0.4, -0.2) is 67.8 Å². The van der Waals surface area contributed by atoms with E-state index < -0.39 is 0 Å². The van der Waals surface area contributed by atoms with E-state index in [1.165, 1.54) is 58.3 Å². The van der Waals surface area contributed by atoms with Crippen molar-refractivity contribution in [2.75, 3.05) is 46.4 Å². The second kappa shape index (κ2) is 5.68. The molecule has 3 aliphatic rings. The van der Waals surface area contributed by atoms with Crippen molar-refractivity contribution >= 4 is 0 Å². The first-order valence-corrected chi connectivity index (χ1v) is 7.98. The van der Waals surface area contributed by atoms with E-state index >= 15 is 0 Å². The third kappa shape index (κ3) is 2.56. The molecule has 0 aromatic heterocycles. The Hall–Kier alpha value is -0.160. The fraction of sp³-hybridized carbons (Fsp3) is 1.00. The third-order valence-corrected chi connectivity index (χ3v) is 5.52. The molecule has 2 atom stereocenters. The second-order valence-corrected chi connectivity index (χ2v) is 6.65. The predicted molar refractivity (Wildman–Crippen MR) is 77.2 cm³/mol. The van der Waals surface area contributed by atoms with Gasteiger partial charge in [-0.25, -0.2) is 0 Å². The van der Waals surface area contributed by atoms with Crippen molar-refractivity contribution in [1.29, 1.82) is 0 Å². The second-order valence-electron chi connectivity index (χ2n) is 6.65. The van der Waals surface area contributed by atoms with Crippen LogP contribution < -0.4 is 5.73 Å². The van der Waals surface area contributed by atoms with Gasteiger partial charge in [0.15, 0.2) is 0 Å². The van der Waals surface area contributed by atoms with Crippen molar-refractivity contribution in [1.82, 2.24) is 9.80 Å². The van der Waals surface area contributed by atoms with Gasteiger partial charge in [-0.2, -0.15) is 0 Å². The van der Waals surface area contributed by atoms with Crippen LogP contribution in [0.3, 0.4) is 0 Å². The van der Waals surface area contributed by atoms with Gasteiger partial charge in [-0.1, -0.05) is 0 Å². The molecule has 2 unspecified atom stereocenters. The van der Waals surface area contributed by atoms with E-state index in [2.05, 4.69) is 9.80 Å². The minimum Gasteiger partial charge on any atom is -0.383 e. The SMILES string of the molecule is COCC(CN)(C1CC1)N1CCCN2CCCC2C1. The van der Waals surface area contributed by atoms with Gasteiger partial charge in [-0.3, -0.25) is 9.80 Å². The molecule has 2 heterocycles. The average Bonchev–Trinajstić information content (AvgIpc) is 3.21. The Morgan fingerprint density at radius 2 is 1.95 bits per heavy atom. The largest absolute Gasteiger partial charge is 0.383 e. The van der Waals surface area contributed by atoms with E-state index in [-0.39, 0.29) is 5.54 Å². The maximum Gasteiger partial charge on any atom is 0.0661 e. The summed E-state index contributed by atoms with van der Waals surface area (Å²) in [6.45, 7) is 6.54. The van der Waals surface area contributed by atoms with Crippen LogP contribution in [0.25, 0.3) is 0 Å². The Kier molecular flexibility index (Phi) is 4.13. The lowest BCUT2D eigenvalue weighted by Gasteiger charge is -2.44. The molecule has 0 radical (unpaired) electrons. The van der Waals surface area contributed by atoms with Gasteiger partial charge in [0.05, 0.1) is 12.1 Å². The van der Waals surface area contributed by atoms with E-state index in [1.807, 2.05) is 7.11 Å². The van der Waals surface area contributed by atoms with Crippen LogP contribution in [0.2, 0.25) is 0 Å². The zero-order chi connectivity index (χ0) is 13.3. The molecule has 0 bridgehead atoms. The standard InChI is InChI=1S/C15H29N3O/c1-19-12-15(11-16,13-5-6-13)18-9-3-8-17-7-2-4-14(17)10-18/h13-14H,2-12,16H2,1H3. The molecule has 1 saturated carbocycles. The van der Waals surface area contributed by atoms with Gasteiger partial charge >= 0.3 is 0 Å². The lowest BCUT2D eigenvalue weighted by atomic mass is 9.90. The summed E-state index contributed by atoms with van der Waals surface area (Å²) >= 11 is 0. The first kappa shape index (κ1) is 13.8. The Balaban J connectivity index is 1.76. The average molecular weight is 267 g/mol. The molecule has 19 heavy (non-hydrogen) atoms. The van der Waals surface area contributed by atoms with Gasteiger partial charge in [0.2, 0.25) is 0 Å². The van der Waals surface area contributed by atoms with Crippen LogP contribution in [0.1, 0.15) is 32.1 Å². The molecule has 2 aliphatic heterocycles. The molecule has 2 N–H and O–H groups in total. The van der Waals surface area contributed by atoms with Crippen molar-refractivity contribution < 1.29 is 4.74 Å². The molecule has 3 fully saturated rings. The molecule has 0 aromatic carbocycles. The highest BCUT2D eigenvalue weighted by molar-refractivity contribution is 5.05. The molecule has 0 amide bonds. The Morgan fingerprint density at radius 3 is 2.63 bits per heavy atom. The molecule has 0 aromatic rings. The lowest BCUT2D eigenvalue weighted by Crippen LogP contribution is -2.60. The summed E-state index contributed by atoms with van der Waals surface area (Å²) in [6, 6.07) is 0.768. The summed E-state index contributed by atoms with van der Waals surface area (Å²) in [5.74, 6) is 0.769. The molecule has 110 valence electrons. The number of hydrogen-bond donors (Lipinski definition) is 1. The summed E-state index contributed by atoms with van der Waals surface area (Å²) in [5, 5.41) is 0. The van der Waals surface area contributed by atoms with Gasteiger partial charge in [0, 0.05) is 32.8 Å². The number of nitrogens with two attached hydrogens (primary N) is 1. The van der Waals surface area contributed by atoms with E-state index in [9.17, 15) is 0 Å². The van der Waals surface area contributed by atoms with E-state index in [4.69, 9.17) is 10.5 Å². The Bertz CT molecular complexity index is 308. The molecule has 4 nitrogen and oxygen atoms in total. The van der Waals surface area contributed by atoms with Crippen LogP contribution in [-0.2, 0) is 4.74 Å². The fourth-order valence-corrected chi connectivity index (χ4v) is 4.30. The first-order chi connectivity index (χ1) is 9.30. The number of methoxy groups -OCH3 is 1. The maximum atomic E-state index is 6.22. The Labute approximate surface area is 117 Å². The van der Waals surface area contributed by atoms with Crippen molar-refractivity contribution in [3.05, 3.63) is 0 Å². The van der Waals surface area contributed by atoms with E-state index in [1.54, 1.807) is 0 Å². The van der Waals surface area contributed by atoms with Gasteiger partial charge in [0.1, 0.15) is 0 Å². The van der Waals surface area contributed by atoms with E-state index in [0.29, 0.717) is 0 Å². The van der Waals surface area contributed by atoms with Crippen LogP contribution in [0.4, 0.5) is 0 Å². The van der Waals surface area contributed by atoms with Crippen molar-refractivity contribution in [2.45, 2.75) is 43.7 Å². The third-order valence-electron chi connectivity index (χ3n) is 5.52. The van der Waals surface area contributed by atoms with Crippen molar-refractivity contribution in [3.8, 4) is 0 Å². The van der Waals surface area contributed by atoms with E-state index in [0.717, 1.165) is 25.1 Å². The van der Waals surface area contributed by atoms with Crippen molar-refractivity contribution in [3.63, 3.8) is 0 Å². The predicted octanol–water partition coefficient (Wildman–Crippen LogP) is 0.910. The van der Waals surface area contributed by atoms with Crippen molar-refractivity contribution in [2.24, 2.45) is 11.7 Å². The molecule has 1 aliphatic carbocycles. The lowest BCUT2D eigenvalue weighted by molar-refractivity contribution is -0.00401. The smallest absolute Gasteiger partial charge is 0.0661 e. The highest BCUT2D eigenvalue weighted by Crippen LogP contribution is 2.44. The minimum atomic E-state index is 0.118. The molecular formula is C15H29N3O. The highest BCUT2D eigenvalue weighted by Gasteiger charge is 2.49. The zero-order valence-corrected chi connectivity index (χ0v) is 12.3.